The van der Waals surface area contributed by atoms with Gasteiger partial charge in [0.15, 0.2) is 0 Å². The molecule has 0 saturated heterocycles. The molecular formula is C15H24O. The third-order valence-corrected chi connectivity index (χ3v) is 5.24. The average Bonchev–Trinajstić information content (AvgIpc) is 3.09. The fourth-order valence-corrected chi connectivity index (χ4v) is 4.25. The molecule has 0 aromatic rings. The summed E-state index contributed by atoms with van der Waals surface area (Å²) >= 11 is 0. The topological polar surface area (TPSA) is 17.1 Å². The van der Waals surface area contributed by atoms with E-state index in [9.17, 15) is 4.79 Å². The van der Waals surface area contributed by atoms with Crippen LogP contribution in [-0.4, -0.2) is 5.78 Å². The molecule has 90 valence electrons. The lowest BCUT2D eigenvalue weighted by Gasteiger charge is -2.12. The zero-order chi connectivity index (χ0) is 11.0. The summed E-state index contributed by atoms with van der Waals surface area (Å²) in [6.07, 6.45) is 13.2. The summed E-state index contributed by atoms with van der Waals surface area (Å²) in [5.74, 6) is 3.30. The van der Waals surface area contributed by atoms with E-state index >= 15 is 0 Å². The van der Waals surface area contributed by atoms with Crippen molar-refractivity contribution in [1.29, 1.82) is 0 Å². The molecule has 3 rings (SSSR count). The van der Waals surface area contributed by atoms with Gasteiger partial charge in [0.25, 0.3) is 0 Å². The Morgan fingerprint density at radius 1 is 0.688 bits per heavy atom. The van der Waals surface area contributed by atoms with Crippen LogP contribution < -0.4 is 0 Å². The predicted octanol–water partition coefficient (Wildman–Crippen LogP) is 3.96. The van der Waals surface area contributed by atoms with Gasteiger partial charge in [-0.25, -0.2) is 0 Å². The molecule has 16 heavy (non-hydrogen) atoms. The molecule has 0 heterocycles. The number of rotatable bonds is 2. The Labute approximate surface area is 99.0 Å². The highest BCUT2D eigenvalue weighted by atomic mass is 16.1. The Bertz CT molecular complexity index is 247. The highest BCUT2D eigenvalue weighted by molar-refractivity contribution is 5.86. The Kier molecular flexibility index (Phi) is 3.04. The summed E-state index contributed by atoms with van der Waals surface area (Å²) in [4.78, 5) is 12.5. The molecule has 0 spiro atoms. The van der Waals surface area contributed by atoms with Crippen LogP contribution in [0.25, 0.3) is 0 Å². The first-order chi connectivity index (χ1) is 7.88. The van der Waals surface area contributed by atoms with Crippen LogP contribution in [0.1, 0.15) is 64.2 Å². The smallest absolute Gasteiger partial charge is 0.139 e. The molecule has 1 nitrogen and oxygen atoms in total. The number of hydrogen-bond acceptors (Lipinski definition) is 1. The Balaban J connectivity index is 1.60. The molecule has 2 atom stereocenters. The van der Waals surface area contributed by atoms with Gasteiger partial charge in [-0.1, -0.05) is 38.5 Å². The van der Waals surface area contributed by atoms with Gasteiger partial charge in [0.2, 0.25) is 0 Å². The second-order valence-electron chi connectivity index (χ2n) is 6.23. The maximum Gasteiger partial charge on any atom is 0.139 e. The van der Waals surface area contributed by atoms with Gasteiger partial charge in [0.05, 0.1) is 0 Å². The lowest BCUT2D eigenvalue weighted by Crippen LogP contribution is -2.17. The first-order valence-electron chi connectivity index (χ1n) is 7.41. The van der Waals surface area contributed by atoms with E-state index in [1.165, 1.54) is 64.2 Å². The molecule has 0 bridgehead atoms. The predicted molar refractivity (Wildman–Crippen MR) is 65.1 cm³/mol. The Morgan fingerprint density at radius 2 is 1.19 bits per heavy atom. The largest absolute Gasteiger partial charge is 0.299 e. The number of ketones is 1. The highest BCUT2D eigenvalue weighted by Gasteiger charge is 2.55. The molecule has 0 aromatic carbocycles. The lowest BCUT2D eigenvalue weighted by atomic mass is 9.91. The third kappa shape index (κ3) is 1.94. The van der Waals surface area contributed by atoms with Crippen LogP contribution in [0.3, 0.4) is 0 Å². The van der Waals surface area contributed by atoms with Gasteiger partial charge in [-0.15, -0.1) is 0 Å². The zero-order valence-corrected chi connectivity index (χ0v) is 10.3. The van der Waals surface area contributed by atoms with E-state index in [4.69, 9.17) is 0 Å². The summed E-state index contributed by atoms with van der Waals surface area (Å²) in [6.45, 7) is 0. The van der Waals surface area contributed by atoms with Gasteiger partial charge < -0.3 is 0 Å². The monoisotopic (exact) mass is 220 g/mol. The SMILES string of the molecule is O=C(C1CCCCCC1)C1C2CCCCC21. The van der Waals surface area contributed by atoms with Crippen LogP contribution in [0, 0.1) is 23.7 Å². The highest BCUT2D eigenvalue weighted by Crippen LogP contribution is 2.57. The summed E-state index contributed by atoms with van der Waals surface area (Å²) in [5, 5.41) is 0. The van der Waals surface area contributed by atoms with E-state index in [0.29, 0.717) is 17.6 Å². The van der Waals surface area contributed by atoms with Gasteiger partial charge in [-0.2, -0.15) is 0 Å². The first-order valence-corrected chi connectivity index (χ1v) is 7.41. The van der Waals surface area contributed by atoms with Crippen molar-refractivity contribution in [2.75, 3.05) is 0 Å². The zero-order valence-electron chi connectivity index (χ0n) is 10.3. The number of fused-ring (bicyclic) bond motifs is 1. The molecule has 0 amide bonds. The summed E-state index contributed by atoms with van der Waals surface area (Å²) in [6, 6.07) is 0. The second-order valence-corrected chi connectivity index (χ2v) is 6.23. The van der Waals surface area contributed by atoms with E-state index in [0.717, 1.165) is 11.8 Å². The van der Waals surface area contributed by atoms with Crippen molar-refractivity contribution >= 4 is 5.78 Å². The van der Waals surface area contributed by atoms with Gasteiger partial charge in [0.1, 0.15) is 5.78 Å². The maximum atomic E-state index is 12.5. The van der Waals surface area contributed by atoms with E-state index in [1.54, 1.807) is 0 Å². The molecule has 0 aromatic heterocycles. The molecule has 2 unspecified atom stereocenters. The number of carbonyl (C=O) groups is 1. The quantitative estimate of drug-likeness (QED) is 0.644. The molecule has 1 heteroatoms. The molecule has 3 aliphatic rings. The van der Waals surface area contributed by atoms with Crippen LogP contribution in [0.4, 0.5) is 0 Å². The molecule has 0 radical (unpaired) electrons. The average molecular weight is 220 g/mol. The fraction of sp³-hybridized carbons (Fsp3) is 0.933. The Morgan fingerprint density at radius 3 is 1.75 bits per heavy atom. The van der Waals surface area contributed by atoms with Crippen LogP contribution in [0.2, 0.25) is 0 Å². The van der Waals surface area contributed by atoms with E-state index in [1.807, 2.05) is 0 Å². The molecule has 0 aliphatic heterocycles. The van der Waals surface area contributed by atoms with Crippen molar-refractivity contribution in [3.8, 4) is 0 Å². The fourth-order valence-electron chi connectivity index (χ4n) is 4.25. The van der Waals surface area contributed by atoms with Crippen molar-refractivity contribution in [1.82, 2.24) is 0 Å². The Hall–Kier alpha value is -0.330. The summed E-state index contributed by atoms with van der Waals surface area (Å²) < 4.78 is 0. The molecule has 0 N–H and O–H groups in total. The van der Waals surface area contributed by atoms with E-state index in [2.05, 4.69) is 0 Å². The maximum absolute atomic E-state index is 12.5. The van der Waals surface area contributed by atoms with Crippen LogP contribution in [0.15, 0.2) is 0 Å². The van der Waals surface area contributed by atoms with Crippen LogP contribution in [0.5, 0.6) is 0 Å². The molecular weight excluding hydrogens is 196 g/mol. The third-order valence-electron chi connectivity index (χ3n) is 5.24. The van der Waals surface area contributed by atoms with Gasteiger partial charge in [-0.05, 0) is 37.5 Å². The number of carbonyl (C=O) groups excluding carboxylic acids is 1. The van der Waals surface area contributed by atoms with E-state index in [-0.39, 0.29) is 0 Å². The summed E-state index contributed by atoms with van der Waals surface area (Å²) in [5.41, 5.74) is 0. The summed E-state index contributed by atoms with van der Waals surface area (Å²) in [7, 11) is 0. The molecule has 3 fully saturated rings. The molecule has 3 aliphatic carbocycles. The van der Waals surface area contributed by atoms with Crippen molar-refractivity contribution < 1.29 is 4.79 Å². The van der Waals surface area contributed by atoms with Gasteiger partial charge in [0, 0.05) is 11.8 Å². The van der Waals surface area contributed by atoms with Gasteiger partial charge in [-0.3, -0.25) is 4.79 Å². The lowest BCUT2D eigenvalue weighted by molar-refractivity contribution is -0.125. The minimum atomic E-state index is 0.457. The van der Waals surface area contributed by atoms with Gasteiger partial charge >= 0.3 is 0 Å². The van der Waals surface area contributed by atoms with E-state index < -0.39 is 0 Å². The first kappa shape index (κ1) is 10.8. The second kappa shape index (κ2) is 4.50. The minimum absolute atomic E-state index is 0.457. The van der Waals surface area contributed by atoms with Crippen molar-refractivity contribution in [2.24, 2.45) is 23.7 Å². The normalized spacial score (nSPS) is 39.9. The van der Waals surface area contributed by atoms with Crippen LogP contribution >= 0.6 is 0 Å². The number of hydrogen-bond donors (Lipinski definition) is 0. The standard InChI is InChI=1S/C15H24O/c16-15(11-7-3-1-2-4-8-11)14-12-9-5-6-10-13(12)14/h11-14H,1-10H2. The van der Waals surface area contributed by atoms with Crippen molar-refractivity contribution in [3.63, 3.8) is 0 Å². The van der Waals surface area contributed by atoms with Crippen LogP contribution in [-0.2, 0) is 4.79 Å². The minimum Gasteiger partial charge on any atom is -0.299 e. The molecule has 3 saturated carbocycles. The van der Waals surface area contributed by atoms with Crippen molar-refractivity contribution in [2.45, 2.75) is 64.2 Å². The number of Topliss-reactive ketones (excluding diaryl/α,β-unsaturated/α-hetero) is 1. The van der Waals surface area contributed by atoms with Crippen molar-refractivity contribution in [3.05, 3.63) is 0 Å².